The van der Waals surface area contributed by atoms with Crippen LogP contribution in [0, 0.1) is 6.92 Å². The first kappa shape index (κ1) is 18.2. The van der Waals surface area contributed by atoms with E-state index in [-0.39, 0.29) is 0 Å². The minimum atomic E-state index is 0.521. The minimum Gasteiger partial charge on any atom is -0.357 e. The summed E-state index contributed by atoms with van der Waals surface area (Å²) >= 11 is 5.79. The fourth-order valence-corrected chi connectivity index (χ4v) is 2.28. The van der Waals surface area contributed by atoms with Gasteiger partial charge in [0.05, 0.1) is 0 Å². The third-order valence-corrected chi connectivity index (χ3v) is 3.71. The molecule has 0 unspecified atom stereocenters. The van der Waals surface area contributed by atoms with E-state index in [1.54, 1.807) is 6.20 Å². The topological polar surface area (TPSA) is 62.2 Å². The highest BCUT2D eigenvalue weighted by atomic mass is 35.5. The molecular formula is C18H24ClN5. The molecular weight excluding hydrogens is 322 g/mol. The van der Waals surface area contributed by atoms with Gasteiger partial charge in [-0.2, -0.15) is 0 Å². The van der Waals surface area contributed by atoms with E-state index in [4.69, 9.17) is 11.6 Å². The van der Waals surface area contributed by atoms with Crippen LogP contribution in [0.1, 0.15) is 23.7 Å². The molecule has 0 saturated carbocycles. The Morgan fingerprint density at radius 3 is 2.46 bits per heavy atom. The van der Waals surface area contributed by atoms with Gasteiger partial charge < -0.3 is 10.6 Å². The number of pyridine rings is 2. The largest absolute Gasteiger partial charge is 0.357 e. The van der Waals surface area contributed by atoms with E-state index in [1.165, 1.54) is 5.56 Å². The van der Waals surface area contributed by atoms with Crippen molar-refractivity contribution in [1.29, 1.82) is 0 Å². The molecule has 2 rings (SSSR count). The highest BCUT2D eigenvalue weighted by Gasteiger charge is 1.99. The predicted molar refractivity (Wildman–Crippen MR) is 99.6 cm³/mol. The molecule has 2 heterocycles. The van der Waals surface area contributed by atoms with E-state index >= 15 is 0 Å². The van der Waals surface area contributed by atoms with Crippen LogP contribution < -0.4 is 10.6 Å². The molecule has 0 spiro atoms. The lowest BCUT2D eigenvalue weighted by atomic mass is 10.2. The lowest BCUT2D eigenvalue weighted by Crippen LogP contribution is -2.38. The number of aryl methyl sites for hydroxylation is 1. The van der Waals surface area contributed by atoms with Gasteiger partial charge in [-0.1, -0.05) is 23.7 Å². The molecule has 0 aliphatic rings. The summed E-state index contributed by atoms with van der Waals surface area (Å²) in [6, 6.07) is 7.94. The Balaban J connectivity index is 1.79. The van der Waals surface area contributed by atoms with Gasteiger partial charge in [-0.15, -0.1) is 0 Å². The lowest BCUT2D eigenvalue weighted by Gasteiger charge is -2.11. The normalized spacial score (nSPS) is 11.4. The monoisotopic (exact) mass is 345 g/mol. The highest BCUT2D eigenvalue weighted by molar-refractivity contribution is 6.29. The van der Waals surface area contributed by atoms with Gasteiger partial charge >= 0.3 is 0 Å². The van der Waals surface area contributed by atoms with Crippen LogP contribution in [-0.2, 0) is 12.8 Å². The number of hydrogen-bond donors (Lipinski definition) is 2. The zero-order chi connectivity index (χ0) is 17.2. The number of hydrogen-bond acceptors (Lipinski definition) is 3. The highest BCUT2D eigenvalue weighted by Crippen LogP contribution is 2.05. The van der Waals surface area contributed by atoms with Gasteiger partial charge in [-0.05, 0) is 49.9 Å². The molecule has 0 fully saturated rings. The summed E-state index contributed by atoms with van der Waals surface area (Å²) in [5.41, 5.74) is 3.38. The molecule has 0 bridgehead atoms. The average molecular weight is 346 g/mol. The molecule has 5 nitrogen and oxygen atoms in total. The molecule has 24 heavy (non-hydrogen) atoms. The summed E-state index contributed by atoms with van der Waals surface area (Å²) in [6.07, 6.45) is 5.47. The SMILES string of the molecule is CCNC(=NCCc1ccc(C)nc1)NCCc1ccc(Cl)nc1. The van der Waals surface area contributed by atoms with E-state index in [2.05, 4.69) is 38.6 Å². The van der Waals surface area contributed by atoms with Crippen molar-refractivity contribution in [3.63, 3.8) is 0 Å². The third-order valence-electron chi connectivity index (χ3n) is 3.48. The Hall–Kier alpha value is -2.14. The first-order valence-corrected chi connectivity index (χ1v) is 8.59. The van der Waals surface area contributed by atoms with Crippen LogP contribution in [0.3, 0.4) is 0 Å². The Bertz CT molecular complexity index is 637. The molecule has 0 aliphatic heterocycles. The fourth-order valence-electron chi connectivity index (χ4n) is 2.16. The number of guanidine groups is 1. The molecule has 0 aliphatic carbocycles. The summed E-state index contributed by atoms with van der Waals surface area (Å²) in [5, 5.41) is 7.12. The van der Waals surface area contributed by atoms with E-state index in [0.29, 0.717) is 5.15 Å². The molecule has 0 aromatic carbocycles. The summed E-state index contributed by atoms with van der Waals surface area (Å²) in [6.45, 7) is 6.40. The standard InChI is InChI=1S/C18H24ClN5/c1-3-20-18(21-10-8-15-5-4-14(2)23-12-15)22-11-9-16-6-7-17(19)24-13-16/h4-7,12-13H,3,8-11H2,1-2H3,(H2,20,21,22). The van der Waals surface area contributed by atoms with Gasteiger partial charge in [0.25, 0.3) is 0 Å². The van der Waals surface area contributed by atoms with Gasteiger partial charge in [-0.25, -0.2) is 4.98 Å². The molecule has 2 aromatic heterocycles. The zero-order valence-electron chi connectivity index (χ0n) is 14.2. The zero-order valence-corrected chi connectivity index (χ0v) is 15.0. The lowest BCUT2D eigenvalue weighted by molar-refractivity contribution is 0.794. The number of rotatable bonds is 7. The van der Waals surface area contributed by atoms with Gasteiger partial charge in [0.2, 0.25) is 0 Å². The molecule has 2 N–H and O–H groups in total. The van der Waals surface area contributed by atoms with Crippen LogP contribution in [0.25, 0.3) is 0 Å². The molecule has 0 amide bonds. The maximum absolute atomic E-state index is 5.79. The Kier molecular flexibility index (Phi) is 7.49. The summed E-state index contributed by atoms with van der Waals surface area (Å²) < 4.78 is 0. The van der Waals surface area contributed by atoms with E-state index < -0.39 is 0 Å². The van der Waals surface area contributed by atoms with Gasteiger partial charge in [0.15, 0.2) is 5.96 Å². The number of nitrogens with one attached hydrogen (secondary N) is 2. The molecule has 128 valence electrons. The van der Waals surface area contributed by atoms with Crippen molar-refractivity contribution >= 4 is 17.6 Å². The van der Waals surface area contributed by atoms with Crippen LogP contribution in [0.2, 0.25) is 5.15 Å². The molecule has 2 aromatic rings. The van der Waals surface area contributed by atoms with Crippen LogP contribution in [0.4, 0.5) is 0 Å². The number of halogens is 1. The maximum atomic E-state index is 5.79. The van der Waals surface area contributed by atoms with Crippen LogP contribution >= 0.6 is 11.6 Å². The van der Waals surface area contributed by atoms with Crippen molar-refractivity contribution in [3.8, 4) is 0 Å². The number of nitrogens with zero attached hydrogens (tertiary/aromatic N) is 3. The Labute approximate surface area is 148 Å². The van der Waals surface area contributed by atoms with E-state index in [1.807, 2.05) is 31.3 Å². The van der Waals surface area contributed by atoms with Crippen LogP contribution in [0.15, 0.2) is 41.7 Å². The van der Waals surface area contributed by atoms with Gasteiger partial charge in [-0.3, -0.25) is 9.98 Å². The quantitative estimate of drug-likeness (QED) is 0.460. The third kappa shape index (κ3) is 6.54. The smallest absolute Gasteiger partial charge is 0.191 e. The van der Waals surface area contributed by atoms with Crippen molar-refractivity contribution in [3.05, 3.63) is 58.6 Å². The summed E-state index contributed by atoms with van der Waals surface area (Å²) in [4.78, 5) is 13.0. The number of aromatic nitrogens is 2. The van der Waals surface area contributed by atoms with E-state index in [0.717, 1.165) is 49.7 Å². The van der Waals surface area contributed by atoms with E-state index in [9.17, 15) is 0 Å². The number of aliphatic imine (C=N–C) groups is 1. The minimum absolute atomic E-state index is 0.521. The molecule has 0 atom stereocenters. The van der Waals surface area contributed by atoms with Crippen molar-refractivity contribution in [1.82, 2.24) is 20.6 Å². The Morgan fingerprint density at radius 2 is 1.79 bits per heavy atom. The second kappa shape index (κ2) is 9.88. The summed E-state index contributed by atoms with van der Waals surface area (Å²) in [5.74, 6) is 0.833. The predicted octanol–water partition coefficient (Wildman–Crippen LogP) is 2.78. The van der Waals surface area contributed by atoms with Crippen molar-refractivity contribution in [2.75, 3.05) is 19.6 Å². The maximum Gasteiger partial charge on any atom is 0.191 e. The fraction of sp³-hybridized carbons (Fsp3) is 0.389. The second-order valence-corrected chi connectivity index (χ2v) is 5.87. The first-order chi connectivity index (χ1) is 11.7. The molecule has 0 radical (unpaired) electrons. The summed E-state index contributed by atoms with van der Waals surface area (Å²) in [7, 11) is 0. The van der Waals surface area contributed by atoms with Gasteiger partial charge in [0, 0.05) is 37.7 Å². The average Bonchev–Trinajstić information content (AvgIpc) is 2.58. The van der Waals surface area contributed by atoms with Crippen molar-refractivity contribution < 1.29 is 0 Å². The van der Waals surface area contributed by atoms with Gasteiger partial charge in [0.1, 0.15) is 5.15 Å². The van der Waals surface area contributed by atoms with Crippen LogP contribution in [-0.4, -0.2) is 35.6 Å². The van der Waals surface area contributed by atoms with Crippen molar-refractivity contribution in [2.24, 2.45) is 4.99 Å². The first-order valence-electron chi connectivity index (χ1n) is 8.21. The second-order valence-electron chi connectivity index (χ2n) is 5.48. The molecule has 6 heteroatoms. The molecule has 0 saturated heterocycles. The Morgan fingerprint density at radius 1 is 1.04 bits per heavy atom. The van der Waals surface area contributed by atoms with Crippen LogP contribution in [0.5, 0.6) is 0 Å². The van der Waals surface area contributed by atoms with Crippen molar-refractivity contribution in [2.45, 2.75) is 26.7 Å².